The maximum Gasteiger partial charge on any atom is 0.259 e. The summed E-state index contributed by atoms with van der Waals surface area (Å²) < 4.78 is 34.3. The molecule has 2 aliphatic heterocycles. The van der Waals surface area contributed by atoms with E-state index >= 15 is 0 Å². The van der Waals surface area contributed by atoms with Crippen LogP contribution in [0.4, 0.5) is 31.5 Å². The van der Waals surface area contributed by atoms with Gasteiger partial charge in [0.2, 0.25) is 0 Å². The fourth-order valence-corrected chi connectivity index (χ4v) is 4.68. The molecule has 5 rings (SSSR count). The molecule has 0 bridgehead atoms. The van der Waals surface area contributed by atoms with Gasteiger partial charge in [-0.15, -0.1) is 0 Å². The van der Waals surface area contributed by atoms with Gasteiger partial charge in [0.05, 0.1) is 32.7 Å². The zero-order valence-corrected chi connectivity index (χ0v) is 19.7. The van der Waals surface area contributed by atoms with E-state index in [0.717, 1.165) is 23.4 Å². The molecule has 10 heteroatoms. The van der Waals surface area contributed by atoms with Crippen LogP contribution >= 0.6 is 23.2 Å². The lowest BCUT2D eigenvalue weighted by Crippen LogP contribution is -2.31. The molecular weight excluding hydrogens is 485 g/mol. The maximum atomic E-state index is 14.1. The molecule has 0 fully saturated rings. The summed E-state index contributed by atoms with van der Waals surface area (Å²) >= 11 is 12.6. The molecule has 0 spiro atoms. The smallest absolute Gasteiger partial charge is 0.259 e. The lowest BCUT2D eigenvalue weighted by atomic mass is 9.97. The molecule has 1 unspecified atom stereocenters. The van der Waals surface area contributed by atoms with E-state index in [-0.39, 0.29) is 5.56 Å². The summed E-state index contributed by atoms with van der Waals surface area (Å²) in [6, 6.07) is 10.2. The van der Waals surface area contributed by atoms with Gasteiger partial charge in [-0.1, -0.05) is 35.3 Å². The number of carbonyl (C=O) groups is 1. The van der Waals surface area contributed by atoms with Gasteiger partial charge in [-0.2, -0.15) is 0 Å². The number of hydrogen-bond donors (Lipinski definition) is 4. The van der Waals surface area contributed by atoms with Crippen LogP contribution in [0.15, 0.2) is 42.5 Å². The molecule has 0 radical (unpaired) electrons. The molecule has 3 aromatic carbocycles. The van der Waals surface area contributed by atoms with Gasteiger partial charge in [-0.05, 0) is 44.2 Å². The van der Waals surface area contributed by atoms with Crippen LogP contribution in [0.25, 0.3) is 0 Å². The molecule has 176 valence electrons. The quantitative estimate of drug-likeness (QED) is 0.327. The lowest BCUT2D eigenvalue weighted by Gasteiger charge is -2.19. The fraction of sp³-hybridized carbons (Fsp3) is 0.208. The van der Waals surface area contributed by atoms with Gasteiger partial charge in [-0.3, -0.25) is 4.79 Å². The van der Waals surface area contributed by atoms with Crippen molar-refractivity contribution in [3.05, 3.63) is 75.3 Å². The molecular formula is C24H20Cl2F2N4O2. The zero-order chi connectivity index (χ0) is 24.2. The number of benzene rings is 3. The molecule has 0 saturated carbocycles. The number of carbonyl (C=O) groups excluding carboxylic acids is 1. The van der Waals surface area contributed by atoms with Crippen molar-refractivity contribution in [3.63, 3.8) is 0 Å². The first-order valence-corrected chi connectivity index (χ1v) is 11.3. The van der Waals surface area contributed by atoms with Crippen molar-refractivity contribution in [2.24, 2.45) is 0 Å². The van der Waals surface area contributed by atoms with Gasteiger partial charge in [0, 0.05) is 12.0 Å². The zero-order valence-electron chi connectivity index (χ0n) is 18.2. The second-order valence-corrected chi connectivity index (χ2v) is 9.52. The van der Waals surface area contributed by atoms with E-state index in [4.69, 9.17) is 27.9 Å². The third-order valence-corrected chi connectivity index (χ3v) is 6.28. The SMILES string of the molecule is CC1(C)Cc2c3c(cc(C(=O)Nc4c(F)cccc4F)c2O1)NC(Nc1c(Cl)cccc1Cl)N3. The van der Waals surface area contributed by atoms with Crippen LogP contribution in [0.3, 0.4) is 0 Å². The molecule has 4 N–H and O–H groups in total. The predicted octanol–water partition coefficient (Wildman–Crippen LogP) is 6.47. The Bertz CT molecular complexity index is 1290. The van der Waals surface area contributed by atoms with Crippen LogP contribution in [-0.2, 0) is 6.42 Å². The van der Waals surface area contributed by atoms with Crippen LogP contribution in [0.5, 0.6) is 5.75 Å². The van der Waals surface area contributed by atoms with Gasteiger partial charge < -0.3 is 26.0 Å². The number of hydrogen-bond acceptors (Lipinski definition) is 5. The van der Waals surface area contributed by atoms with Crippen molar-refractivity contribution >= 4 is 51.9 Å². The fourth-order valence-electron chi connectivity index (χ4n) is 4.18. The molecule has 0 saturated heterocycles. The van der Waals surface area contributed by atoms with E-state index in [9.17, 15) is 13.6 Å². The molecule has 3 aromatic rings. The Morgan fingerprint density at radius 1 is 1.06 bits per heavy atom. The summed E-state index contributed by atoms with van der Waals surface area (Å²) in [4.78, 5) is 13.1. The summed E-state index contributed by atoms with van der Waals surface area (Å²) in [5.41, 5.74) is 1.78. The highest BCUT2D eigenvalue weighted by Crippen LogP contribution is 2.48. The molecule has 34 heavy (non-hydrogen) atoms. The van der Waals surface area contributed by atoms with E-state index in [1.807, 2.05) is 13.8 Å². The van der Waals surface area contributed by atoms with Crippen molar-refractivity contribution in [3.8, 4) is 5.75 Å². The van der Waals surface area contributed by atoms with Gasteiger partial charge in [0.1, 0.15) is 28.7 Å². The van der Waals surface area contributed by atoms with E-state index in [0.29, 0.717) is 33.6 Å². The topological polar surface area (TPSA) is 74.4 Å². The van der Waals surface area contributed by atoms with Crippen LogP contribution in [0, 0.1) is 11.6 Å². The Morgan fingerprint density at radius 2 is 1.71 bits per heavy atom. The average Bonchev–Trinajstić information content (AvgIpc) is 3.32. The average molecular weight is 505 g/mol. The highest BCUT2D eigenvalue weighted by molar-refractivity contribution is 6.39. The normalized spacial score (nSPS) is 17.2. The number of fused-ring (bicyclic) bond motifs is 3. The Labute approximate surface area is 204 Å². The number of halogens is 4. The minimum Gasteiger partial charge on any atom is -0.486 e. The maximum absolute atomic E-state index is 14.1. The van der Waals surface area contributed by atoms with E-state index in [1.165, 1.54) is 6.07 Å². The molecule has 6 nitrogen and oxygen atoms in total. The Balaban J connectivity index is 1.49. The minimum atomic E-state index is -0.868. The molecule has 0 aliphatic carbocycles. The summed E-state index contributed by atoms with van der Waals surface area (Å²) in [7, 11) is 0. The molecule has 2 heterocycles. The molecule has 0 aromatic heterocycles. The van der Waals surface area contributed by atoms with Gasteiger partial charge >= 0.3 is 0 Å². The third-order valence-electron chi connectivity index (χ3n) is 5.65. The van der Waals surface area contributed by atoms with Crippen LogP contribution in [0.1, 0.15) is 29.8 Å². The summed E-state index contributed by atoms with van der Waals surface area (Å²) in [6.45, 7) is 3.80. The third kappa shape index (κ3) is 3.97. The Kier molecular flexibility index (Phi) is 5.45. The minimum absolute atomic E-state index is 0.160. The number of ether oxygens (including phenoxy) is 1. The Hall–Kier alpha value is -3.23. The van der Waals surface area contributed by atoms with Crippen molar-refractivity contribution in [2.45, 2.75) is 32.2 Å². The molecule has 1 amide bonds. The summed E-state index contributed by atoms with van der Waals surface area (Å²) in [5, 5.41) is 13.1. The van der Waals surface area contributed by atoms with E-state index in [2.05, 4.69) is 21.3 Å². The monoisotopic (exact) mass is 504 g/mol. The standard InChI is InChI=1S/C24H20Cl2F2N4O2/c1-24(2)10-12-18-17(29-23(31-18)32-19-13(25)5-3-6-14(19)26)9-11(21(12)34-24)22(33)30-20-15(27)7-4-8-16(20)28/h3-9,23,29,31-32H,10H2,1-2H3,(H,30,33). The van der Waals surface area contributed by atoms with Crippen molar-refractivity contribution in [1.29, 1.82) is 0 Å². The van der Waals surface area contributed by atoms with Crippen LogP contribution < -0.4 is 26.0 Å². The van der Waals surface area contributed by atoms with E-state index < -0.39 is 35.1 Å². The summed E-state index contributed by atoms with van der Waals surface area (Å²) in [5.74, 6) is -2.06. The predicted molar refractivity (Wildman–Crippen MR) is 130 cm³/mol. The number of amides is 1. The second-order valence-electron chi connectivity index (χ2n) is 8.71. The lowest BCUT2D eigenvalue weighted by molar-refractivity contribution is 0.101. The van der Waals surface area contributed by atoms with Crippen molar-refractivity contribution in [2.75, 3.05) is 21.3 Å². The number of nitrogens with one attached hydrogen (secondary N) is 4. The van der Waals surface area contributed by atoms with E-state index in [1.54, 1.807) is 24.3 Å². The number of para-hydroxylation sites is 2. The molecule has 2 aliphatic rings. The van der Waals surface area contributed by atoms with Crippen molar-refractivity contribution in [1.82, 2.24) is 0 Å². The van der Waals surface area contributed by atoms with Crippen molar-refractivity contribution < 1.29 is 18.3 Å². The highest BCUT2D eigenvalue weighted by atomic mass is 35.5. The Morgan fingerprint density at radius 3 is 2.38 bits per heavy atom. The van der Waals surface area contributed by atoms with Gasteiger partial charge in [-0.25, -0.2) is 8.78 Å². The highest BCUT2D eigenvalue weighted by Gasteiger charge is 2.39. The first-order valence-electron chi connectivity index (χ1n) is 10.5. The van der Waals surface area contributed by atoms with Gasteiger partial charge in [0.25, 0.3) is 5.91 Å². The summed E-state index contributed by atoms with van der Waals surface area (Å²) in [6.07, 6.45) is 0.0382. The van der Waals surface area contributed by atoms with Gasteiger partial charge in [0.15, 0.2) is 6.29 Å². The molecule has 1 atom stereocenters. The first-order chi connectivity index (χ1) is 16.1. The second kappa shape index (κ2) is 8.21. The first kappa shape index (κ1) is 22.6. The largest absolute Gasteiger partial charge is 0.486 e. The van der Waals surface area contributed by atoms with Crippen LogP contribution in [0.2, 0.25) is 10.0 Å². The number of anilines is 4. The van der Waals surface area contributed by atoms with Crippen LogP contribution in [-0.4, -0.2) is 17.8 Å². The number of rotatable bonds is 4.